The molecule has 4 heteroatoms. The van der Waals surface area contributed by atoms with Gasteiger partial charge in [-0.15, -0.1) is 0 Å². The molecule has 0 spiro atoms. The van der Waals surface area contributed by atoms with Gasteiger partial charge in [-0.1, -0.05) is 0 Å². The first kappa shape index (κ1) is 8.19. The monoisotopic (exact) mass is 178 g/mol. The van der Waals surface area contributed by atoms with E-state index in [9.17, 15) is 4.79 Å². The molecule has 0 atom stereocenters. The Morgan fingerprint density at radius 3 is 3.08 bits per heavy atom. The highest BCUT2D eigenvalue weighted by molar-refractivity contribution is 5.87. The molecule has 1 aliphatic rings. The maximum absolute atomic E-state index is 11.1. The van der Waals surface area contributed by atoms with Crippen LogP contribution in [0, 0.1) is 0 Å². The van der Waals surface area contributed by atoms with Crippen molar-refractivity contribution < 1.29 is 9.53 Å². The van der Waals surface area contributed by atoms with Gasteiger partial charge >= 0.3 is 5.97 Å². The van der Waals surface area contributed by atoms with Crippen molar-refractivity contribution in [2.24, 2.45) is 0 Å². The lowest BCUT2D eigenvalue weighted by atomic mass is 10.1. The number of pyridine rings is 1. The van der Waals surface area contributed by atoms with E-state index in [1.165, 1.54) is 7.11 Å². The lowest BCUT2D eigenvalue weighted by molar-refractivity contribution is 0.0594. The van der Waals surface area contributed by atoms with Crippen molar-refractivity contribution in [3.05, 3.63) is 29.1 Å². The van der Waals surface area contributed by atoms with Crippen LogP contribution in [0.4, 0.5) is 0 Å². The Morgan fingerprint density at radius 2 is 2.31 bits per heavy atom. The SMILES string of the molecule is COC(=O)c1cc2c(cn1)CNC2. The molecule has 1 aromatic heterocycles. The second-order valence-corrected chi connectivity index (χ2v) is 2.93. The fraction of sp³-hybridized carbons (Fsp3) is 0.333. The van der Waals surface area contributed by atoms with Crippen molar-refractivity contribution in [1.82, 2.24) is 10.3 Å². The van der Waals surface area contributed by atoms with Crippen LogP contribution < -0.4 is 5.32 Å². The summed E-state index contributed by atoms with van der Waals surface area (Å²) in [6.07, 6.45) is 1.72. The van der Waals surface area contributed by atoms with E-state index in [-0.39, 0.29) is 5.97 Å². The first-order chi connectivity index (χ1) is 6.31. The number of carbonyl (C=O) groups is 1. The van der Waals surface area contributed by atoms with Crippen molar-refractivity contribution in [2.45, 2.75) is 13.1 Å². The quantitative estimate of drug-likeness (QED) is 0.635. The number of esters is 1. The number of nitrogens with zero attached hydrogens (tertiary/aromatic N) is 1. The molecule has 0 bridgehead atoms. The third kappa shape index (κ3) is 1.40. The van der Waals surface area contributed by atoms with Gasteiger partial charge in [0.1, 0.15) is 5.69 Å². The van der Waals surface area contributed by atoms with E-state index >= 15 is 0 Å². The minimum absolute atomic E-state index is 0.380. The van der Waals surface area contributed by atoms with E-state index in [0.29, 0.717) is 5.69 Å². The van der Waals surface area contributed by atoms with Gasteiger partial charge in [0, 0.05) is 19.3 Å². The van der Waals surface area contributed by atoms with E-state index in [0.717, 1.165) is 24.2 Å². The summed E-state index contributed by atoms with van der Waals surface area (Å²) >= 11 is 0. The highest BCUT2D eigenvalue weighted by Crippen LogP contribution is 2.14. The van der Waals surface area contributed by atoms with Crippen molar-refractivity contribution in [1.29, 1.82) is 0 Å². The van der Waals surface area contributed by atoms with E-state index in [1.54, 1.807) is 12.3 Å². The van der Waals surface area contributed by atoms with Crippen LogP contribution in [0.15, 0.2) is 12.3 Å². The fourth-order valence-corrected chi connectivity index (χ4v) is 1.40. The number of hydrogen-bond donors (Lipinski definition) is 1. The molecule has 0 aromatic carbocycles. The largest absolute Gasteiger partial charge is 0.464 e. The Hall–Kier alpha value is -1.42. The zero-order valence-corrected chi connectivity index (χ0v) is 7.33. The van der Waals surface area contributed by atoms with Gasteiger partial charge in [-0.25, -0.2) is 9.78 Å². The van der Waals surface area contributed by atoms with Gasteiger partial charge in [0.15, 0.2) is 0 Å². The Bertz CT molecular complexity index is 349. The Kier molecular flexibility index (Phi) is 1.98. The third-order valence-electron chi connectivity index (χ3n) is 2.11. The number of nitrogens with one attached hydrogen (secondary N) is 1. The maximum Gasteiger partial charge on any atom is 0.356 e. The van der Waals surface area contributed by atoms with E-state index in [4.69, 9.17) is 0 Å². The smallest absolute Gasteiger partial charge is 0.356 e. The van der Waals surface area contributed by atoms with E-state index < -0.39 is 0 Å². The number of carbonyl (C=O) groups excluding carboxylic acids is 1. The summed E-state index contributed by atoms with van der Waals surface area (Å²) in [5.41, 5.74) is 2.67. The molecular formula is C9H10N2O2. The van der Waals surface area contributed by atoms with Crippen LogP contribution in [0.25, 0.3) is 0 Å². The van der Waals surface area contributed by atoms with Crippen molar-refractivity contribution in [2.75, 3.05) is 7.11 Å². The molecule has 1 aromatic rings. The molecule has 0 saturated carbocycles. The standard InChI is InChI=1S/C9H10N2O2/c1-13-9(12)8-2-6-3-10-4-7(6)5-11-8/h2,5,10H,3-4H2,1H3. The van der Waals surface area contributed by atoms with Crippen LogP contribution in [-0.4, -0.2) is 18.1 Å². The molecule has 2 heterocycles. The lowest BCUT2D eigenvalue weighted by Gasteiger charge is -2.00. The third-order valence-corrected chi connectivity index (χ3v) is 2.11. The van der Waals surface area contributed by atoms with Gasteiger partial charge in [0.2, 0.25) is 0 Å². The van der Waals surface area contributed by atoms with Gasteiger partial charge in [-0.2, -0.15) is 0 Å². The average molecular weight is 178 g/mol. The molecule has 68 valence electrons. The summed E-state index contributed by atoms with van der Waals surface area (Å²) in [5.74, 6) is -0.380. The van der Waals surface area contributed by atoms with Crippen LogP contribution in [-0.2, 0) is 17.8 Å². The second kappa shape index (κ2) is 3.14. The van der Waals surface area contributed by atoms with Crippen LogP contribution in [0.2, 0.25) is 0 Å². The summed E-state index contributed by atoms with van der Waals surface area (Å²) < 4.78 is 4.57. The van der Waals surface area contributed by atoms with Crippen LogP contribution in [0.1, 0.15) is 21.6 Å². The Balaban J connectivity index is 2.36. The van der Waals surface area contributed by atoms with Gasteiger partial charge in [-0.05, 0) is 17.2 Å². The van der Waals surface area contributed by atoms with Crippen molar-refractivity contribution >= 4 is 5.97 Å². The number of hydrogen-bond acceptors (Lipinski definition) is 4. The second-order valence-electron chi connectivity index (χ2n) is 2.93. The molecule has 2 rings (SSSR count). The highest BCUT2D eigenvalue weighted by Gasteiger charge is 2.14. The highest BCUT2D eigenvalue weighted by atomic mass is 16.5. The Labute approximate surface area is 75.9 Å². The fourth-order valence-electron chi connectivity index (χ4n) is 1.40. The molecule has 1 aliphatic heterocycles. The lowest BCUT2D eigenvalue weighted by Crippen LogP contribution is -2.05. The minimum Gasteiger partial charge on any atom is -0.464 e. The molecular weight excluding hydrogens is 168 g/mol. The number of aromatic nitrogens is 1. The van der Waals surface area contributed by atoms with Gasteiger partial charge in [-0.3, -0.25) is 0 Å². The summed E-state index contributed by atoms with van der Waals surface area (Å²) in [6, 6.07) is 1.78. The normalized spacial score (nSPS) is 13.9. The summed E-state index contributed by atoms with van der Waals surface area (Å²) in [7, 11) is 1.36. The van der Waals surface area contributed by atoms with Crippen molar-refractivity contribution in [3.63, 3.8) is 0 Å². The molecule has 0 aliphatic carbocycles. The summed E-state index contributed by atoms with van der Waals surface area (Å²) in [6.45, 7) is 1.64. The molecule has 13 heavy (non-hydrogen) atoms. The molecule has 0 saturated heterocycles. The van der Waals surface area contributed by atoms with E-state index in [2.05, 4.69) is 15.0 Å². The predicted octanol–water partition coefficient (Wildman–Crippen LogP) is 0.471. The predicted molar refractivity (Wildman–Crippen MR) is 46.1 cm³/mol. The zero-order valence-electron chi connectivity index (χ0n) is 7.33. The molecule has 4 nitrogen and oxygen atoms in total. The maximum atomic E-state index is 11.1. The first-order valence-corrected chi connectivity index (χ1v) is 4.08. The van der Waals surface area contributed by atoms with Gasteiger partial charge < -0.3 is 10.1 Å². The van der Waals surface area contributed by atoms with Gasteiger partial charge in [0.25, 0.3) is 0 Å². The number of methoxy groups -OCH3 is 1. The minimum atomic E-state index is -0.380. The van der Waals surface area contributed by atoms with Crippen molar-refractivity contribution in [3.8, 4) is 0 Å². The number of fused-ring (bicyclic) bond motifs is 1. The Morgan fingerprint density at radius 1 is 1.54 bits per heavy atom. The average Bonchev–Trinajstić information content (AvgIpc) is 2.63. The molecule has 0 amide bonds. The van der Waals surface area contributed by atoms with E-state index in [1.807, 2.05) is 0 Å². The molecule has 0 fully saturated rings. The zero-order chi connectivity index (χ0) is 9.26. The molecule has 0 unspecified atom stereocenters. The topological polar surface area (TPSA) is 51.2 Å². The number of ether oxygens (including phenoxy) is 1. The number of rotatable bonds is 1. The first-order valence-electron chi connectivity index (χ1n) is 4.08. The molecule has 1 N–H and O–H groups in total. The summed E-state index contributed by atoms with van der Waals surface area (Å²) in [4.78, 5) is 15.1. The molecule has 0 radical (unpaired) electrons. The van der Waals surface area contributed by atoms with Crippen LogP contribution in [0.5, 0.6) is 0 Å². The van der Waals surface area contributed by atoms with Crippen LogP contribution in [0.3, 0.4) is 0 Å². The van der Waals surface area contributed by atoms with Gasteiger partial charge in [0.05, 0.1) is 7.11 Å². The van der Waals surface area contributed by atoms with Crippen LogP contribution >= 0.6 is 0 Å². The summed E-state index contributed by atoms with van der Waals surface area (Å²) in [5, 5.41) is 3.18.